The van der Waals surface area contributed by atoms with Crippen LogP contribution in [0.2, 0.25) is 0 Å². The van der Waals surface area contributed by atoms with E-state index in [4.69, 9.17) is 0 Å². The lowest BCUT2D eigenvalue weighted by atomic mass is 9.89. The molecule has 0 aromatic heterocycles. The standard InChI is InChI=1S/C25H13F13N2O2/c26-21(24(33,34)35,25(36,37)38)14-10-16(22(27,28)29)18(17(11-14)23(30,31)32)40-20(42)13-7-4-8-15(9-13)39-19(41)12-5-2-1-3-6-12/h1-11H,(H,39,41)(H,40,42). The fraction of sp³-hybridized carbons (Fsp3) is 0.200. The first-order valence-electron chi connectivity index (χ1n) is 11.0. The van der Waals surface area contributed by atoms with Crippen LogP contribution in [0, 0.1) is 0 Å². The minimum Gasteiger partial charge on any atom is -0.322 e. The Morgan fingerprint density at radius 2 is 0.976 bits per heavy atom. The molecule has 0 bridgehead atoms. The van der Waals surface area contributed by atoms with Gasteiger partial charge >= 0.3 is 30.4 Å². The van der Waals surface area contributed by atoms with Gasteiger partial charge in [-0.2, -0.15) is 52.7 Å². The number of hydrogen-bond donors (Lipinski definition) is 2. The molecule has 0 radical (unpaired) electrons. The van der Waals surface area contributed by atoms with Gasteiger partial charge in [-0.05, 0) is 42.5 Å². The van der Waals surface area contributed by atoms with Crippen LogP contribution < -0.4 is 10.6 Å². The Labute approximate surface area is 226 Å². The number of rotatable bonds is 5. The van der Waals surface area contributed by atoms with Gasteiger partial charge in [0.05, 0.1) is 16.8 Å². The summed E-state index contributed by atoms with van der Waals surface area (Å²) in [5, 5.41) is 3.51. The molecule has 0 saturated heterocycles. The second kappa shape index (κ2) is 10.8. The van der Waals surface area contributed by atoms with Crippen LogP contribution in [0.15, 0.2) is 66.7 Å². The van der Waals surface area contributed by atoms with E-state index >= 15 is 0 Å². The molecule has 0 fully saturated rings. The van der Waals surface area contributed by atoms with Gasteiger partial charge in [0.15, 0.2) is 0 Å². The molecule has 0 unspecified atom stereocenters. The summed E-state index contributed by atoms with van der Waals surface area (Å²) in [5.41, 5.74) is -18.4. The van der Waals surface area contributed by atoms with Crippen molar-refractivity contribution < 1.29 is 66.7 Å². The van der Waals surface area contributed by atoms with Crippen molar-refractivity contribution in [2.75, 3.05) is 10.6 Å². The first-order valence-corrected chi connectivity index (χ1v) is 11.0. The molecule has 3 aromatic carbocycles. The molecule has 0 aliphatic rings. The van der Waals surface area contributed by atoms with E-state index in [9.17, 15) is 66.7 Å². The summed E-state index contributed by atoms with van der Waals surface area (Å²) in [4.78, 5) is 25.0. The van der Waals surface area contributed by atoms with E-state index in [0.29, 0.717) is 0 Å². The largest absolute Gasteiger partial charge is 0.435 e. The maximum Gasteiger partial charge on any atom is 0.435 e. The van der Waals surface area contributed by atoms with Gasteiger partial charge in [-0.25, -0.2) is 4.39 Å². The van der Waals surface area contributed by atoms with Gasteiger partial charge in [-0.3, -0.25) is 9.59 Å². The zero-order valence-electron chi connectivity index (χ0n) is 20.1. The number of hydrogen-bond acceptors (Lipinski definition) is 2. The predicted molar refractivity (Wildman–Crippen MR) is 120 cm³/mol. The van der Waals surface area contributed by atoms with E-state index in [1.165, 1.54) is 35.6 Å². The van der Waals surface area contributed by atoms with Gasteiger partial charge in [-0.1, -0.05) is 24.3 Å². The van der Waals surface area contributed by atoms with E-state index < -0.39 is 82.3 Å². The molecule has 226 valence electrons. The summed E-state index contributed by atoms with van der Waals surface area (Å²) in [6, 6.07) is 9.04. The average molecular weight is 620 g/mol. The number of alkyl halides is 13. The first kappa shape index (κ1) is 32.2. The van der Waals surface area contributed by atoms with Gasteiger partial charge in [0.2, 0.25) is 0 Å². The fourth-order valence-corrected chi connectivity index (χ4v) is 3.63. The van der Waals surface area contributed by atoms with Crippen LogP contribution in [-0.2, 0) is 18.0 Å². The smallest absolute Gasteiger partial charge is 0.322 e. The number of carbonyl (C=O) groups excluding carboxylic acids is 2. The predicted octanol–water partition coefficient (Wildman–Crippen LogP) is 8.52. The van der Waals surface area contributed by atoms with E-state index in [1.807, 2.05) is 0 Å². The third-order valence-electron chi connectivity index (χ3n) is 5.59. The second-order valence-electron chi connectivity index (χ2n) is 8.45. The van der Waals surface area contributed by atoms with Crippen molar-refractivity contribution in [1.82, 2.24) is 0 Å². The molecule has 2 amide bonds. The van der Waals surface area contributed by atoms with Crippen molar-refractivity contribution in [3.63, 3.8) is 0 Å². The third-order valence-corrected chi connectivity index (χ3v) is 5.59. The van der Waals surface area contributed by atoms with Crippen molar-refractivity contribution in [2.24, 2.45) is 0 Å². The first-order chi connectivity index (χ1) is 19.1. The summed E-state index contributed by atoms with van der Waals surface area (Å²) in [5.74, 6) is -2.47. The summed E-state index contributed by atoms with van der Waals surface area (Å²) >= 11 is 0. The van der Waals surface area contributed by atoms with Crippen molar-refractivity contribution in [2.45, 2.75) is 30.4 Å². The Hall–Kier alpha value is -4.31. The van der Waals surface area contributed by atoms with Crippen molar-refractivity contribution >= 4 is 23.2 Å². The lowest BCUT2D eigenvalue weighted by molar-refractivity contribution is -0.348. The van der Waals surface area contributed by atoms with Crippen LogP contribution in [0.25, 0.3) is 0 Å². The lowest BCUT2D eigenvalue weighted by Gasteiger charge is -2.32. The highest BCUT2D eigenvalue weighted by Crippen LogP contribution is 2.55. The van der Waals surface area contributed by atoms with Gasteiger partial charge in [-0.15, -0.1) is 0 Å². The van der Waals surface area contributed by atoms with E-state index in [1.54, 1.807) is 6.07 Å². The quantitative estimate of drug-likeness (QED) is 0.281. The Bertz CT molecular complexity index is 1430. The number of nitrogens with one attached hydrogen (secondary N) is 2. The van der Waals surface area contributed by atoms with Gasteiger partial charge in [0.1, 0.15) is 0 Å². The molecule has 3 rings (SSSR count). The molecule has 17 heteroatoms. The number of benzene rings is 3. The van der Waals surface area contributed by atoms with Crippen LogP contribution in [0.4, 0.5) is 68.5 Å². The second-order valence-corrected chi connectivity index (χ2v) is 8.45. The average Bonchev–Trinajstić information content (AvgIpc) is 2.86. The molecule has 0 saturated carbocycles. The van der Waals surface area contributed by atoms with Crippen LogP contribution in [0.5, 0.6) is 0 Å². The molecule has 42 heavy (non-hydrogen) atoms. The number of carbonyl (C=O) groups is 2. The maximum atomic E-state index is 14.5. The number of halogens is 13. The molecule has 0 spiro atoms. The van der Waals surface area contributed by atoms with Gasteiger partial charge < -0.3 is 10.6 Å². The monoisotopic (exact) mass is 620 g/mol. The molecule has 0 atom stereocenters. The van der Waals surface area contributed by atoms with Crippen molar-refractivity contribution in [3.05, 3.63) is 94.5 Å². The molecule has 0 heterocycles. The fourth-order valence-electron chi connectivity index (χ4n) is 3.63. The summed E-state index contributed by atoms with van der Waals surface area (Å²) in [7, 11) is 0. The highest BCUT2D eigenvalue weighted by atomic mass is 19.4. The lowest BCUT2D eigenvalue weighted by Crippen LogP contribution is -2.50. The summed E-state index contributed by atoms with van der Waals surface area (Å²) in [6.45, 7) is 0. The van der Waals surface area contributed by atoms with Crippen molar-refractivity contribution in [3.8, 4) is 0 Å². The molecule has 0 aliphatic heterocycles. The SMILES string of the molecule is O=C(Nc1cccc(C(=O)Nc2c(C(F)(F)F)cc(C(F)(C(F)(F)F)C(F)(F)F)cc2C(F)(F)F)c1)c1ccccc1. The zero-order valence-corrected chi connectivity index (χ0v) is 20.1. The number of anilines is 2. The Morgan fingerprint density at radius 3 is 1.43 bits per heavy atom. The van der Waals surface area contributed by atoms with E-state index in [2.05, 4.69) is 5.32 Å². The highest BCUT2D eigenvalue weighted by Gasteiger charge is 2.74. The van der Waals surface area contributed by atoms with Crippen LogP contribution in [-0.4, -0.2) is 24.2 Å². The van der Waals surface area contributed by atoms with Crippen LogP contribution in [0.3, 0.4) is 0 Å². The Morgan fingerprint density at radius 1 is 0.524 bits per heavy atom. The molecule has 4 nitrogen and oxygen atoms in total. The molecule has 2 N–H and O–H groups in total. The van der Waals surface area contributed by atoms with E-state index in [-0.39, 0.29) is 11.3 Å². The highest BCUT2D eigenvalue weighted by molar-refractivity contribution is 6.08. The summed E-state index contributed by atoms with van der Waals surface area (Å²) < 4.78 is 176. The van der Waals surface area contributed by atoms with E-state index in [0.717, 1.165) is 18.2 Å². The topological polar surface area (TPSA) is 58.2 Å². The maximum absolute atomic E-state index is 14.5. The van der Waals surface area contributed by atoms with Crippen molar-refractivity contribution in [1.29, 1.82) is 0 Å². The Kier molecular flexibility index (Phi) is 8.31. The minimum absolute atomic E-state index is 0.124. The zero-order chi connectivity index (χ0) is 31.9. The van der Waals surface area contributed by atoms with Gasteiger partial charge in [0, 0.05) is 22.4 Å². The molecular weight excluding hydrogens is 607 g/mol. The summed E-state index contributed by atoms with van der Waals surface area (Å²) in [6.07, 6.45) is -26.3. The molecular formula is C25H13F13N2O2. The van der Waals surface area contributed by atoms with Crippen LogP contribution in [0.1, 0.15) is 37.4 Å². The Balaban J connectivity index is 2.14. The van der Waals surface area contributed by atoms with Gasteiger partial charge in [0.25, 0.3) is 11.8 Å². The molecule has 0 aliphatic carbocycles. The number of amides is 2. The molecule has 3 aromatic rings. The normalized spacial score (nSPS) is 13.1. The van der Waals surface area contributed by atoms with Crippen LogP contribution >= 0.6 is 0 Å². The minimum atomic E-state index is -7.04. The third kappa shape index (κ3) is 6.44.